The summed E-state index contributed by atoms with van der Waals surface area (Å²) in [6.07, 6.45) is 9.67. The van der Waals surface area contributed by atoms with E-state index in [1.807, 2.05) is 0 Å². The fourth-order valence-corrected chi connectivity index (χ4v) is 2.90. The van der Waals surface area contributed by atoms with E-state index in [4.69, 9.17) is 0 Å². The third-order valence-electron chi connectivity index (χ3n) is 3.65. The van der Waals surface area contributed by atoms with Crippen molar-refractivity contribution in [3.63, 3.8) is 0 Å². The molecular weight excluding hydrogens is 274 g/mol. The first-order valence-electron chi connectivity index (χ1n) is 6.78. The number of nitrogens with one attached hydrogen (secondary N) is 1. The van der Waals surface area contributed by atoms with Gasteiger partial charge in [0.15, 0.2) is 0 Å². The Bertz CT molecular complexity index is 354. The van der Waals surface area contributed by atoms with Gasteiger partial charge in [0.05, 0.1) is 0 Å². The summed E-state index contributed by atoms with van der Waals surface area (Å²) in [5.41, 5.74) is 2.56. The first kappa shape index (κ1) is 12.9. The van der Waals surface area contributed by atoms with E-state index in [0.717, 1.165) is 0 Å². The molecule has 1 aromatic carbocycles. The summed E-state index contributed by atoms with van der Waals surface area (Å²) in [7, 11) is 0. The molecule has 0 atom stereocenters. The lowest BCUT2D eigenvalue weighted by molar-refractivity contribution is 0.471. The van der Waals surface area contributed by atoms with E-state index in [0.29, 0.717) is 6.04 Å². The smallest absolute Gasteiger partial charge is 0.0353 e. The number of benzene rings is 1. The highest BCUT2D eigenvalue weighted by Gasteiger charge is 2.11. The van der Waals surface area contributed by atoms with Crippen molar-refractivity contribution in [1.29, 1.82) is 0 Å². The van der Waals surface area contributed by atoms with E-state index in [1.54, 1.807) is 0 Å². The zero-order chi connectivity index (χ0) is 12.1. The molecule has 0 amide bonds. The molecule has 0 bridgehead atoms. The second kappa shape index (κ2) is 6.44. The van der Waals surface area contributed by atoms with Gasteiger partial charge in [-0.2, -0.15) is 0 Å². The van der Waals surface area contributed by atoms with E-state index in [2.05, 4.69) is 46.4 Å². The molecule has 94 valence electrons. The molecule has 17 heavy (non-hydrogen) atoms. The van der Waals surface area contributed by atoms with Crippen molar-refractivity contribution in [1.82, 2.24) is 0 Å². The van der Waals surface area contributed by atoms with Crippen molar-refractivity contribution in [3.8, 4) is 0 Å². The van der Waals surface area contributed by atoms with Gasteiger partial charge in [0.1, 0.15) is 0 Å². The Labute approximate surface area is 113 Å². The molecule has 1 fully saturated rings. The van der Waals surface area contributed by atoms with E-state index < -0.39 is 0 Å². The van der Waals surface area contributed by atoms with Crippen molar-refractivity contribution in [2.24, 2.45) is 0 Å². The molecule has 0 aliphatic heterocycles. The summed E-state index contributed by atoms with van der Waals surface area (Å²) >= 11 is 3.60. The summed E-state index contributed by atoms with van der Waals surface area (Å²) in [5.74, 6) is 0. The Kier molecular flexibility index (Phi) is 4.90. The van der Waals surface area contributed by atoms with Gasteiger partial charge < -0.3 is 5.32 Å². The third-order valence-corrected chi connectivity index (χ3v) is 4.50. The van der Waals surface area contributed by atoms with Crippen molar-refractivity contribution in [2.45, 2.75) is 57.9 Å². The quantitative estimate of drug-likeness (QED) is 0.782. The predicted octanol–water partition coefficient (Wildman–Crippen LogP) is 5.28. The minimum Gasteiger partial charge on any atom is -0.382 e. The second-order valence-corrected chi connectivity index (χ2v) is 6.00. The molecule has 0 unspecified atom stereocenters. The molecule has 1 aliphatic rings. The van der Waals surface area contributed by atoms with Crippen LogP contribution in [0.25, 0.3) is 0 Å². The van der Waals surface area contributed by atoms with Crippen molar-refractivity contribution in [3.05, 3.63) is 28.2 Å². The van der Waals surface area contributed by atoms with Crippen LogP contribution in [0.1, 0.15) is 50.5 Å². The maximum absolute atomic E-state index is 3.69. The molecular formula is C15H22BrN. The zero-order valence-corrected chi connectivity index (χ0v) is 12.2. The summed E-state index contributed by atoms with van der Waals surface area (Å²) < 4.78 is 1.20. The minimum absolute atomic E-state index is 0.671. The van der Waals surface area contributed by atoms with Crippen LogP contribution < -0.4 is 5.32 Å². The van der Waals surface area contributed by atoms with Crippen LogP contribution in [0.15, 0.2) is 22.7 Å². The first-order chi connectivity index (χ1) is 8.25. The van der Waals surface area contributed by atoms with Gasteiger partial charge in [-0.15, -0.1) is 0 Å². The molecule has 1 nitrogen and oxygen atoms in total. The fourth-order valence-electron chi connectivity index (χ4n) is 2.52. The van der Waals surface area contributed by atoms with Crippen molar-refractivity contribution >= 4 is 21.6 Å². The number of anilines is 1. The summed E-state index contributed by atoms with van der Waals surface area (Å²) in [6, 6.07) is 7.24. The second-order valence-electron chi connectivity index (χ2n) is 5.15. The van der Waals surface area contributed by atoms with Crippen molar-refractivity contribution < 1.29 is 0 Å². The summed E-state index contributed by atoms with van der Waals surface area (Å²) in [5, 5.41) is 3.69. The average Bonchev–Trinajstić information content (AvgIpc) is 2.27. The largest absolute Gasteiger partial charge is 0.382 e. The number of rotatable bonds is 2. The minimum atomic E-state index is 0.671. The molecule has 1 saturated carbocycles. The third kappa shape index (κ3) is 4.02. The lowest BCUT2D eigenvalue weighted by Crippen LogP contribution is -2.20. The Morgan fingerprint density at radius 1 is 1.06 bits per heavy atom. The highest BCUT2D eigenvalue weighted by molar-refractivity contribution is 9.10. The lowest BCUT2D eigenvalue weighted by Gasteiger charge is -2.22. The van der Waals surface area contributed by atoms with E-state index in [9.17, 15) is 0 Å². The Morgan fingerprint density at radius 3 is 2.35 bits per heavy atom. The highest BCUT2D eigenvalue weighted by atomic mass is 79.9. The Morgan fingerprint density at radius 2 is 1.71 bits per heavy atom. The monoisotopic (exact) mass is 295 g/mol. The van der Waals surface area contributed by atoms with Crippen LogP contribution in [0.2, 0.25) is 0 Å². The van der Waals surface area contributed by atoms with Crippen LogP contribution in [-0.4, -0.2) is 6.04 Å². The van der Waals surface area contributed by atoms with Crippen LogP contribution in [0, 0.1) is 6.92 Å². The molecule has 1 N–H and O–H groups in total. The molecule has 0 radical (unpaired) electrons. The van der Waals surface area contributed by atoms with Crippen LogP contribution in [0.5, 0.6) is 0 Å². The maximum atomic E-state index is 3.69. The molecule has 0 saturated heterocycles. The number of hydrogen-bond donors (Lipinski definition) is 1. The number of aryl methyl sites for hydroxylation is 1. The Balaban J connectivity index is 1.95. The predicted molar refractivity (Wildman–Crippen MR) is 78.6 cm³/mol. The van der Waals surface area contributed by atoms with Crippen LogP contribution in [0.4, 0.5) is 5.69 Å². The molecule has 0 spiro atoms. The van der Waals surface area contributed by atoms with Crippen LogP contribution >= 0.6 is 15.9 Å². The molecule has 1 aliphatic carbocycles. The van der Waals surface area contributed by atoms with Crippen LogP contribution in [-0.2, 0) is 0 Å². The zero-order valence-electron chi connectivity index (χ0n) is 10.6. The molecule has 1 aromatic rings. The van der Waals surface area contributed by atoms with Gasteiger partial charge in [-0.05, 0) is 37.5 Å². The van der Waals surface area contributed by atoms with Gasteiger partial charge in [-0.1, -0.05) is 54.1 Å². The highest BCUT2D eigenvalue weighted by Crippen LogP contribution is 2.24. The lowest BCUT2D eigenvalue weighted by atomic mass is 9.96. The van der Waals surface area contributed by atoms with Gasteiger partial charge >= 0.3 is 0 Å². The topological polar surface area (TPSA) is 12.0 Å². The number of halogens is 1. The Hall–Kier alpha value is -0.500. The van der Waals surface area contributed by atoms with Gasteiger partial charge in [0.2, 0.25) is 0 Å². The van der Waals surface area contributed by atoms with Gasteiger partial charge in [-0.25, -0.2) is 0 Å². The fraction of sp³-hybridized carbons (Fsp3) is 0.600. The normalized spacial score (nSPS) is 18.5. The van der Waals surface area contributed by atoms with Crippen molar-refractivity contribution in [2.75, 3.05) is 5.32 Å². The summed E-state index contributed by atoms with van der Waals surface area (Å²) in [6.45, 7) is 2.13. The van der Waals surface area contributed by atoms with Crippen LogP contribution in [0.3, 0.4) is 0 Å². The molecule has 2 heteroatoms. The standard InChI is InChI=1S/C15H22BrN/c1-12-9-10-14(11-15(12)16)17-13-7-5-3-2-4-6-8-13/h9-11,13,17H,2-8H2,1H3. The van der Waals surface area contributed by atoms with Gasteiger partial charge in [0, 0.05) is 16.2 Å². The molecule has 0 heterocycles. The van der Waals surface area contributed by atoms with E-state index in [1.165, 1.54) is 60.7 Å². The molecule has 0 aromatic heterocycles. The number of hydrogen-bond acceptors (Lipinski definition) is 1. The maximum Gasteiger partial charge on any atom is 0.0353 e. The average molecular weight is 296 g/mol. The molecule has 2 rings (SSSR count). The van der Waals surface area contributed by atoms with Gasteiger partial charge in [-0.3, -0.25) is 0 Å². The SMILES string of the molecule is Cc1ccc(NC2CCCCCCC2)cc1Br. The first-order valence-corrected chi connectivity index (χ1v) is 7.58. The van der Waals surface area contributed by atoms with E-state index >= 15 is 0 Å². The van der Waals surface area contributed by atoms with Gasteiger partial charge in [0.25, 0.3) is 0 Å². The summed E-state index contributed by atoms with van der Waals surface area (Å²) in [4.78, 5) is 0. The van der Waals surface area contributed by atoms with E-state index in [-0.39, 0.29) is 0 Å².